The van der Waals surface area contributed by atoms with E-state index >= 15 is 0 Å². The van der Waals surface area contributed by atoms with Crippen LogP contribution in [0, 0.1) is 38.1 Å². The summed E-state index contributed by atoms with van der Waals surface area (Å²) in [4.78, 5) is 25.2. The van der Waals surface area contributed by atoms with Crippen molar-refractivity contribution in [3.8, 4) is 0 Å². The predicted octanol–water partition coefficient (Wildman–Crippen LogP) is 6.20. The summed E-state index contributed by atoms with van der Waals surface area (Å²) in [7, 11) is 0. The van der Waals surface area contributed by atoms with Gasteiger partial charge in [-0.25, -0.2) is 4.79 Å². The van der Waals surface area contributed by atoms with Crippen molar-refractivity contribution in [3.05, 3.63) is 33.4 Å². The Morgan fingerprint density at radius 1 is 1.09 bits per heavy atom. The molecule has 0 bridgehead atoms. The van der Waals surface area contributed by atoms with Gasteiger partial charge in [0.25, 0.3) is 0 Å². The summed E-state index contributed by atoms with van der Waals surface area (Å²) in [6, 6.07) is 7.65. The Morgan fingerprint density at radius 2 is 1.88 bits per heavy atom. The lowest BCUT2D eigenvalue weighted by atomic mass is 9.44. The lowest BCUT2D eigenvalue weighted by Gasteiger charge is -2.59. The van der Waals surface area contributed by atoms with Crippen molar-refractivity contribution in [1.82, 2.24) is 0 Å². The van der Waals surface area contributed by atoms with E-state index in [4.69, 9.17) is 9.47 Å². The number of carbonyl (C=O) groups excluding carboxylic acids is 2. The zero-order chi connectivity index (χ0) is 23.2. The summed E-state index contributed by atoms with van der Waals surface area (Å²) in [6.07, 6.45) is 8.92. The number of hydrogen-bond acceptors (Lipinski definition) is 4. The molecular formula is C28H35IO4. The minimum atomic E-state index is -0.191. The number of hydrogen-bond donors (Lipinski definition) is 0. The molecule has 0 amide bonds. The van der Waals surface area contributed by atoms with Crippen molar-refractivity contribution in [2.45, 2.75) is 89.9 Å². The fourth-order valence-corrected chi connectivity index (χ4v) is 9.82. The van der Waals surface area contributed by atoms with Crippen LogP contribution >= 0.6 is 22.6 Å². The molecule has 0 unspecified atom stereocenters. The Balaban J connectivity index is 1.20. The van der Waals surface area contributed by atoms with Gasteiger partial charge in [0.2, 0.25) is 0 Å². The minimum absolute atomic E-state index is 0.000947. The number of ketones is 1. The quantitative estimate of drug-likeness (QED) is 0.250. The zero-order valence-electron chi connectivity index (χ0n) is 19.9. The third kappa shape index (κ3) is 3.09. The number of carbonyl (C=O) groups is 2. The van der Waals surface area contributed by atoms with E-state index in [-0.39, 0.29) is 34.4 Å². The summed E-state index contributed by atoms with van der Waals surface area (Å²) in [6.45, 7) is 6.66. The Hall–Kier alpha value is -0.950. The van der Waals surface area contributed by atoms with Gasteiger partial charge in [-0.15, -0.1) is 0 Å². The highest BCUT2D eigenvalue weighted by Gasteiger charge is 2.79. The molecule has 4 nitrogen and oxygen atoms in total. The highest BCUT2D eigenvalue weighted by atomic mass is 127. The number of epoxide rings is 1. The average molecular weight is 562 g/mol. The molecule has 1 heterocycles. The second kappa shape index (κ2) is 7.52. The second-order valence-electron chi connectivity index (χ2n) is 12.1. The Bertz CT molecular complexity index is 1010. The maximum Gasteiger partial charge on any atom is 0.338 e. The smallest absolute Gasteiger partial charge is 0.338 e. The molecule has 0 radical (unpaired) electrons. The number of Topliss-reactive ketones (excluding diaryl/α,β-unsaturated/α-hetero) is 1. The van der Waals surface area contributed by atoms with Gasteiger partial charge in [-0.1, -0.05) is 19.9 Å². The van der Waals surface area contributed by atoms with Gasteiger partial charge >= 0.3 is 5.97 Å². The first-order chi connectivity index (χ1) is 15.7. The molecule has 9 atom stereocenters. The van der Waals surface area contributed by atoms with Gasteiger partial charge < -0.3 is 9.47 Å². The molecule has 4 saturated carbocycles. The standard InChI is InChI=1S/C28H35IO4/c1-16(30)21-9-10-22-23-8-7-18-14-20(32-25(31)17-5-4-6-19(29)13-17)11-12-27(18,3)28(23)24(33-28)15-26(21,22)2/h4-6,13,18,20-24H,7-12,14-15H2,1-3H3/t18-,20-,21+,22-,23+,24-,26-,27+,28+/m1/s1. The first kappa shape index (κ1) is 22.5. The molecule has 5 aliphatic rings. The normalized spacial score (nSPS) is 47.5. The van der Waals surface area contributed by atoms with Crippen LogP contribution in [0.25, 0.3) is 0 Å². The summed E-state index contributed by atoms with van der Waals surface area (Å²) >= 11 is 2.24. The van der Waals surface area contributed by atoms with Crippen molar-refractivity contribution < 1.29 is 19.1 Å². The minimum Gasteiger partial charge on any atom is -0.459 e. The molecule has 0 aromatic heterocycles. The monoisotopic (exact) mass is 562 g/mol. The predicted molar refractivity (Wildman–Crippen MR) is 134 cm³/mol. The van der Waals surface area contributed by atoms with E-state index in [1.54, 1.807) is 6.92 Å². The molecule has 4 aliphatic carbocycles. The summed E-state index contributed by atoms with van der Waals surface area (Å²) in [5.74, 6) is 2.13. The van der Waals surface area contributed by atoms with Crippen LogP contribution in [0.3, 0.4) is 0 Å². The van der Waals surface area contributed by atoms with Crippen LogP contribution < -0.4 is 0 Å². The van der Waals surface area contributed by atoms with Crippen LogP contribution in [0.1, 0.15) is 82.5 Å². The van der Waals surface area contributed by atoms with Crippen LogP contribution in [0.4, 0.5) is 0 Å². The van der Waals surface area contributed by atoms with E-state index in [2.05, 4.69) is 36.4 Å². The topological polar surface area (TPSA) is 55.9 Å². The summed E-state index contributed by atoms with van der Waals surface area (Å²) in [5.41, 5.74) is 0.915. The van der Waals surface area contributed by atoms with E-state index in [9.17, 15) is 9.59 Å². The molecule has 5 fully saturated rings. The fourth-order valence-electron chi connectivity index (χ4n) is 9.28. The fraction of sp³-hybridized carbons (Fsp3) is 0.714. The first-order valence-electron chi connectivity index (χ1n) is 12.8. The van der Waals surface area contributed by atoms with Gasteiger partial charge in [-0.2, -0.15) is 0 Å². The van der Waals surface area contributed by atoms with Gasteiger partial charge in [0.05, 0.1) is 11.7 Å². The van der Waals surface area contributed by atoms with Gasteiger partial charge in [0.15, 0.2) is 0 Å². The Kier molecular flexibility index (Phi) is 5.13. The van der Waals surface area contributed by atoms with Crippen LogP contribution in [0.15, 0.2) is 24.3 Å². The van der Waals surface area contributed by atoms with Crippen molar-refractivity contribution in [2.75, 3.05) is 0 Å². The first-order valence-corrected chi connectivity index (χ1v) is 13.9. The van der Waals surface area contributed by atoms with E-state index in [1.165, 1.54) is 19.3 Å². The lowest BCUT2D eigenvalue weighted by molar-refractivity contribution is -0.133. The number of halogens is 1. The zero-order valence-corrected chi connectivity index (χ0v) is 22.1. The molecule has 1 aromatic carbocycles. The van der Waals surface area contributed by atoms with Gasteiger partial charge in [-0.3, -0.25) is 4.79 Å². The number of benzene rings is 1. The van der Waals surface area contributed by atoms with Crippen molar-refractivity contribution in [3.63, 3.8) is 0 Å². The number of esters is 1. The van der Waals surface area contributed by atoms with E-state index in [0.717, 1.165) is 35.7 Å². The van der Waals surface area contributed by atoms with Gasteiger partial charge in [0.1, 0.15) is 17.5 Å². The third-order valence-corrected chi connectivity index (χ3v) is 11.5. The molecule has 1 aromatic rings. The molecule has 0 N–H and O–H groups in total. The lowest BCUT2D eigenvalue weighted by Crippen LogP contribution is -2.60. The summed E-state index contributed by atoms with van der Waals surface area (Å²) in [5, 5.41) is 0. The number of fused-ring (bicyclic) bond motifs is 3. The van der Waals surface area contributed by atoms with E-state index in [0.29, 0.717) is 35.2 Å². The third-order valence-electron chi connectivity index (χ3n) is 10.8. The summed E-state index contributed by atoms with van der Waals surface area (Å²) < 4.78 is 13.8. The maximum absolute atomic E-state index is 12.8. The molecule has 1 aliphatic heterocycles. The highest BCUT2D eigenvalue weighted by molar-refractivity contribution is 14.1. The molecule has 1 saturated heterocycles. The average Bonchev–Trinajstić information content (AvgIpc) is 3.38. The SMILES string of the molecule is CC(=O)[C@@H]1CC[C@@H]2[C@@H]3CC[C@@H]4C[C@H](OC(=O)c5cccc(I)c5)CC[C@]4(C)[C@]34O[C@@H]4C[C@@]21C. The van der Waals surface area contributed by atoms with Crippen LogP contribution in [-0.2, 0) is 14.3 Å². The van der Waals surface area contributed by atoms with Crippen LogP contribution in [-0.4, -0.2) is 29.6 Å². The van der Waals surface area contributed by atoms with Crippen molar-refractivity contribution in [1.29, 1.82) is 0 Å². The molecular weight excluding hydrogens is 527 g/mol. The highest BCUT2D eigenvalue weighted by Crippen LogP contribution is 2.76. The van der Waals surface area contributed by atoms with Gasteiger partial charge in [0, 0.05) is 14.9 Å². The number of rotatable bonds is 3. The molecule has 6 rings (SSSR count). The van der Waals surface area contributed by atoms with Crippen molar-refractivity contribution >= 4 is 34.3 Å². The molecule has 5 heteroatoms. The molecule has 33 heavy (non-hydrogen) atoms. The van der Waals surface area contributed by atoms with Crippen molar-refractivity contribution in [2.24, 2.45) is 34.5 Å². The van der Waals surface area contributed by atoms with Crippen LogP contribution in [0.2, 0.25) is 0 Å². The maximum atomic E-state index is 12.8. The van der Waals surface area contributed by atoms with Crippen LogP contribution in [0.5, 0.6) is 0 Å². The second-order valence-corrected chi connectivity index (χ2v) is 13.3. The largest absolute Gasteiger partial charge is 0.459 e. The molecule has 1 spiro atoms. The Morgan fingerprint density at radius 3 is 2.64 bits per heavy atom. The van der Waals surface area contributed by atoms with E-state index < -0.39 is 0 Å². The Labute approximate surface area is 210 Å². The number of ether oxygens (including phenoxy) is 2. The van der Waals surface area contributed by atoms with E-state index in [1.807, 2.05) is 24.3 Å². The van der Waals surface area contributed by atoms with Gasteiger partial charge in [-0.05, 0) is 122 Å². The molecule has 178 valence electrons.